The number of ether oxygens (including phenoxy) is 2. The van der Waals surface area contributed by atoms with E-state index >= 15 is 0 Å². The Morgan fingerprint density at radius 2 is 1.08 bits per heavy atom. The minimum Gasteiger partial charge on any atom is -0.494 e. The van der Waals surface area contributed by atoms with Crippen LogP contribution in [0.25, 0.3) is 0 Å². The molecule has 1 aliphatic rings. The van der Waals surface area contributed by atoms with Crippen molar-refractivity contribution in [2.45, 2.75) is 219 Å². The van der Waals surface area contributed by atoms with E-state index in [4.69, 9.17) is 14.6 Å². The van der Waals surface area contributed by atoms with Gasteiger partial charge in [-0.3, -0.25) is 4.79 Å². The maximum Gasteiger partial charge on any atom is 0.335 e. The highest BCUT2D eigenvalue weighted by molar-refractivity contribution is 5.88. The molecule has 1 aromatic carbocycles. The van der Waals surface area contributed by atoms with Crippen molar-refractivity contribution >= 4 is 11.8 Å². The summed E-state index contributed by atoms with van der Waals surface area (Å²) in [6.07, 6.45) is 44.6. The van der Waals surface area contributed by atoms with Gasteiger partial charge < -0.3 is 14.6 Å². The molecule has 5 nitrogen and oxygen atoms in total. The number of ketones is 1. The number of rotatable bonds is 33. The number of hydrogen-bond acceptors (Lipinski definition) is 4. The van der Waals surface area contributed by atoms with E-state index in [9.17, 15) is 9.59 Å². The molecule has 0 saturated carbocycles. The predicted molar refractivity (Wildman–Crippen MR) is 222 cm³/mol. The summed E-state index contributed by atoms with van der Waals surface area (Å²) >= 11 is 0. The van der Waals surface area contributed by atoms with Crippen molar-refractivity contribution < 1.29 is 24.2 Å². The molecule has 2 unspecified atom stereocenters. The summed E-state index contributed by atoms with van der Waals surface area (Å²) in [5, 5.41) is 8.85. The smallest absolute Gasteiger partial charge is 0.335 e. The van der Waals surface area contributed by atoms with Gasteiger partial charge in [0.2, 0.25) is 0 Å². The van der Waals surface area contributed by atoms with E-state index in [2.05, 4.69) is 20.8 Å². The minimum atomic E-state index is -0.900. The highest BCUT2D eigenvalue weighted by Gasteiger charge is 2.35. The van der Waals surface area contributed by atoms with Gasteiger partial charge in [-0.1, -0.05) is 193 Å². The summed E-state index contributed by atoms with van der Waals surface area (Å²) in [4.78, 5) is 23.0. The Kier molecular flexibility index (Phi) is 30.4. The summed E-state index contributed by atoms with van der Waals surface area (Å²) in [5.74, 6) is -0.0181. The van der Waals surface area contributed by atoms with Gasteiger partial charge in [0.25, 0.3) is 0 Å². The second-order valence-electron chi connectivity index (χ2n) is 15.2. The first-order chi connectivity index (χ1) is 25.4. The Morgan fingerprint density at radius 3 is 1.48 bits per heavy atom. The van der Waals surface area contributed by atoms with Crippen molar-refractivity contribution in [3.8, 4) is 5.75 Å². The molecule has 2 rings (SSSR count). The maximum absolute atomic E-state index is 12.2. The summed E-state index contributed by atoms with van der Waals surface area (Å²) in [6, 6.07) is 6.63. The topological polar surface area (TPSA) is 72.8 Å². The number of aromatic carboxylic acids is 1. The van der Waals surface area contributed by atoms with Crippen LogP contribution in [0, 0.1) is 0 Å². The summed E-state index contributed by atoms with van der Waals surface area (Å²) < 4.78 is 12.0. The van der Waals surface area contributed by atoms with Gasteiger partial charge in [0.15, 0.2) is 5.78 Å². The summed E-state index contributed by atoms with van der Waals surface area (Å²) in [5.41, 5.74) is -0.415. The molecule has 5 heteroatoms. The maximum atomic E-state index is 12.2. The molecule has 0 aromatic heterocycles. The third kappa shape index (κ3) is 24.8. The number of carboxylic acid groups (broad SMARTS) is 1. The highest BCUT2D eigenvalue weighted by Crippen LogP contribution is 2.29. The zero-order chi connectivity index (χ0) is 38.0. The third-order valence-electron chi connectivity index (χ3n) is 10.4. The molecule has 0 fully saturated rings. The van der Waals surface area contributed by atoms with Crippen molar-refractivity contribution in [2.75, 3.05) is 6.61 Å². The monoisotopic (exact) mass is 725 g/mol. The fourth-order valence-corrected chi connectivity index (χ4v) is 6.95. The normalized spacial score (nSPS) is 15.6. The SMILES string of the molecule is CCCCCCCCCCCCC(CCC)OC1(C(C)=O)C=CC=CC1.CCCCCCCCCCCCCCCCOc1ccc(C(=O)O)cc1. The largest absolute Gasteiger partial charge is 0.494 e. The third-order valence-corrected chi connectivity index (χ3v) is 10.4. The quantitative estimate of drug-likeness (QED) is 0.0731. The van der Waals surface area contributed by atoms with E-state index in [0.717, 1.165) is 31.4 Å². The van der Waals surface area contributed by atoms with Gasteiger partial charge in [0.05, 0.1) is 18.3 Å². The van der Waals surface area contributed by atoms with Gasteiger partial charge >= 0.3 is 5.97 Å². The molecule has 0 bridgehead atoms. The number of carboxylic acids is 1. The number of allylic oxidation sites excluding steroid dienone is 2. The average molecular weight is 725 g/mol. The van der Waals surface area contributed by atoms with Gasteiger partial charge in [0, 0.05) is 6.42 Å². The van der Waals surface area contributed by atoms with Crippen LogP contribution in [0.4, 0.5) is 0 Å². The molecule has 0 heterocycles. The van der Waals surface area contributed by atoms with Crippen LogP contribution in [0.15, 0.2) is 48.6 Å². The first-order valence-electron chi connectivity index (χ1n) is 21.9. The van der Waals surface area contributed by atoms with Gasteiger partial charge in [0.1, 0.15) is 11.4 Å². The standard InChI is InChI=1S/C24H42O2.C23H38O3/c1-4-6-7-8-9-10-11-12-13-15-19-23(18-5-2)26-24(22(3)25)20-16-14-17-21-24;1-2-3-4-5-6-7-8-9-10-11-12-13-14-15-20-26-22-18-16-21(17-19-22)23(24)25/h14,16-17,20,23H,4-13,15,18-19,21H2,1-3H3;16-19H,2-15,20H2,1H3,(H,24,25). The first-order valence-corrected chi connectivity index (χ1v) is 21.9. The van der Waals surface area contributed by atoms with Crippen LogP contribution in [0.1, 0.15) is 218 Å². The Morgan fingerprint density at radius 1 is 0.615 bits per heavy atom. The lowest BCUT2D eigenvalue weighted by molar-refractivity contribution is -0.143. The van der Waals surface area contributed by atoms with E-state index < -0.39 is 11.6 Å². The average Bonchev–Trinajstić information content (AvgIpc) is 3.15. The van der Waals surface area contributed by atoms with Gasteiger partial charge in [-0.2, -0.15) is 0 Å². The van der Waals surface area contributed by atoms with Crippen LogP contribution in [-0.4, -0.2) is 35.2 Å². The van der Waals surface area contributed by atoms with Gasteiger partial charge in [-0.25, -0.2) is 4.79 Å². The van der Waals surface area contributed by atoms with Crippen molar-refractivity contribution in [1.29, 1.82) is 0 Å². The molecule has 52 heavy (non-hydrogen) atoms. The van der Waals surface area contributed by atoms with Gasteiger partial charge in [-0.15, -0.1) is 0 Å². The lowest BCUT2D eigenvalue weighted by Crippen LogP contribution is -2.42. The number of hydrogen-bond donors (Lipinski definition) is 1. The zero-order valence-corrected chi connectivity index (χ0v) is 34.3. The molecule has 2 atom stereocenters. The number of carbonyl (C=O) groups excluding carboxylic acids is 1. The molecular weight excluding hydrogens is 645 g/mol. The molecule has 0 amide bonds. The highest BCUT2D eigenvalue weighted by atomic mass is 16.5. The van der Waals surface area contributed by atoms with E-state index in [1.165, 1.54) is 148 Å². The van der Waals surface area contributed by atoms with Crippen molar-refractivity contribution in [2.24, 2.45) is 0 Å². The number of benzene rings is 1. The molecule has 0 saturated heterocycles. The summed E-state index contributed by atoms with van der Waals surface area (Å²) in [6.45, 7) is 9.12. The molecule has 1 aliphatic carbocycles. The fraction of sp³-hybridized carbons (Fsp3) is 0.745. The molecule has 0 aliphatic heterocycles. The van der Waals surface area contributed by atoms with E-state index in [0.29, 0.717) is 18.6 Å². The number of Topliss-reactive ketones (excluding diaryl/α,β-unsaturated/α-hetero) is 1. The second kappa shape index (κ2) is 33.2. The molecule has 0 radical (unpaired) electrons. The number of carbonyl (C=O) groups is 2. The van der Waals surface area contributed by atoms with Crippen LogP contribution in [-0.2, 0) is 9.53 Å². The van der Waals surface area contributed by atoms with Crippen LogP contribution < -0.4 is 4.74 Å². The molecule has 0 spiro atoms. The van der Waals surface area contributed by atoms with Gasteiger partial charge in [-0.05, 0) is 56.5 Å². The minimum absolute atomic E-state index is 0.127. The predicted octanol–water partition coefficient (Wildman–Crippen LogP) is 14.6. The van der Waals surface area contributed by atoms with Crippen molar-refractivity contribution in [3.05, 3.63) is 54.1 Å². The van der Waals surface area contributed by atoms with E-state index in [1.807, 2.05) is 24.3 Å². The first kappa shape index (κ1) is 47.6. The Balaban J connectivity index is 0.000000520. The lowest BCUT2D eigenvalue weighted by atomic mass is 9.90. The van der Waals surface area contributed by atoms with Crippen LogP contribution in [0.3, 0.4) is 0 Å². The molecule has 298 valence electrons. The Hall–Kier alpha value is -2.40. The zero-order valence-electron chi connectivity index (χ0n) is 34.3. The van der Waals surface area contributed by atoms with Crippen LogP contribution >= 0.6 is 0 Å². The van der Waals surface area contributed by atoms with E-state index in [1.54, 1.807) is 31.2 Å². The summed E-state index contributed by atoms with van der Waals surface area (Å²) in [7, 11) is 0. The Labute approximate surface area is 320 Å². The molecule has 1 N–H and O–H groups in total. The van der Waals surface area contributed by atoms with Crippen molar-refractivity contribution in [1.82, 2.24) is 0 Å². The fourth-order valence-electron chi connectivity index (χ4n) is 6.95. The molecular formula is C47H80O5. The second-order valence-corrected chi connectivity index (χ2v) is 15.2. The number of unbranched alkanes of at least 4 members (excludes halogenated alkanes) is 22. The van der Waals surface area contributed by atoms with Crippen LogP contribution in [0.5, 0.6) is 5.75 Å². The van der Waals surface area contributed by atoms with Crippen molar-refractivity contribution in [3.63, 3.8) is 0 Å². The lowest BCUT2D eigenvalue weighted by Gasteiger charge is -2.33. The molecule has 1 aromatic rings. The van der Waals surface area contributed by atoms with Crippen LogP contribution in [0.2, 0.25) is 0 Å². The van der Waals surface area contributed by atoms with E-state index in [-0.39, 0.29) is 11.9 Å². The Bertz CT molecular complexity index is 1040.